The highest BCUT2D eigenvalue weighted by atomic mass is 32.1. The Morgan fingerprint density at radius 2 is 1.89 bits per heavy atom. The second kappa shape index (κ2) is 9.66. The molecule has 2 aromatic carbocycles. The van der Waals surface area contributed by atoms with Gasteiger partial charge >= 0.3 is 0 Å². The van der Waals surface area contributed by atoms with Crippen molar-refractivity contribution < 1.29 is 14.3 Å². The van der Waals surface area contributed by atoms with Gasteiger partial charge < -0.3 is 10.1 Å². The van der Waals surface area contributed by atoms with Gasteiger partial charge in [-0.1, -0.05) is 31.2 Å². The molecule has 3 rings (SSSR count). The maximum atomic E-state index is 12.3. The van der Waals surface area contributed by atoms with Crippen molar-refractivity contribution in [1.29, 1.82) is 0 Å². The Labute approximate surface area is 167 Å². The van der Waals surface area contributed by atoms with Gasteiger partial charge in [0.1, 0.15) is 5.75 Å². The Balaban J connectivity index is 1.54. The molecule has 0 spiro atoms. The summed E-state index contributed by atoms with van der Waals surface area (Å²) >= 11 is 1.29. The number of amides is 2. The second-order valence-electron chi connectivity index (χ2n) is 6.07. The first-order chi connectivity index (χ1) is 13.6. The molecule has 0 aliphatic heterocycles. The number of benzene rings is 2. The van der Waals surface area contributed by atoms with Gasteiger partial charge in [-0.05, 0) is 30.7 Å². The van der Waals surface area contributed by atoms with Crippen molar-refractivity contribution in [3.05, 3.63) is 71.2 Å². The summed E-state index contributed by atoms with van der Waals surface area (Å²) in [4.78, 5) is 28.8. The van der Waals surface area contributed by atoms with E-state index in [9.17, 15) is 9.59 Å². The highest BCUT2D eigenvalue weighted by molar-refractivity contribution is 7.14. The van der Waals surface area contributed by atoms with Gasteiger partial charge in [0.05, 0.1) is 18.7 Å². The standard InChI is InChI=1S/C21H21N3O3S/c1-2-11-27-18-10-6-9-16(12-18)22-19(25)13-17-14-28-21(23-17)24-20(26)15-7-4-3-5-8-15/h3-10,12,14H,2,11,13H2,1H3,(H,22,25)(H,23,24,26). The molecule has 6 nitrogen and oxygen atoms in total. The van der Waals surface area contributed by atoms with Crippen LogP contribution in [0.2, 0.25) is 0 Å². The average molecular weight is 395 g/mol. The summed E-state index contributed by atoms with van der Waals surface area (Å²) in [5.74, 6) is 0.313. The van der Waals surface area contributed by atoms with Crippen molar-refractivity contribution in [3.8, 4) is 5.75 Å². The lowest BCUT2D eigenvalue weighted by molar-refractivity contribution is -0.115. The number of thiazole rings is 1. The van der Waals surface area contributed by atoms with Gasteiger partial charge in [0.15, 0.2) is 5.13 Å². The van der Waals surface area contributed by atoms with Crippen LogP contribution in [0.4, 0.5) is 10.8 Å². The van der Waals surface area contributed by atoms with Gasteiger partial charge in [0.25, 0.3) is 5.91 Å². The molecule has 0 unspecified atom stereocenters. The van der Waals surface area contributed by atoms with Gasteiger partial charge in [-0.15, -0.1) is 11.3 Å². The Hall–Kier alpha value is -3.19. The third-order valence-corrected chi connectivity index (χ3v) is 4.55. The number of rotatable bonds is 8. The Morgan fingerprint density at radius 3 is 2.68 bits per heavy atom. The van der Waals surface area contributed by atoms with Crippen molar-refractivity contribution in [2.45, 2.75) is 19.8 Å². The van der Waals surface area contributed by atoms with Crippen LogP contribution in [0.5, 0.6) is 5.75 Å². The van der Waals surface area contributed by atoms with Gasteiger partial charge in [-0.3, -0.25) is 14.9 Å². The molecule has 1 heterocycles. The zero-order chi connectivity index (χ0) is 19.8. The summed E-state index contributed by atoms with van der Waals surface area (Å²) in [5, 5.41) is 7.82. The molecule has 0 saturated heterocycles. The first kappa shape index (κ1) is 19.6. The zero-order valence-corrected chi connectivity index (χ0v) is 16.3. The summed E-state index contributed by atoms with van der Waals surface area (Å²) in [6.07, 6.45) is 1.04. The number of hydrogen-bond donors (Lipinski definition) is 2. The molecule has 2 N–H and O–H groups in total. The molecular weight excluding hydrogens is 374 g/mol. The number of hydrogen-bond acceptors (Lipinski definition) is 5. The van der Waals surface area contributed by atoms with Crippen LogP contribution < -0.4 is 15.4 Å². The fourth-order valence-electron chi connectivity index (χ4n) is 2.46. The van der Waals surface area contributed by atoms with Crippen LogP contribution in [0.15, 0.2) is 60.0 Å². The summed E-state index contributed by atoms with van der Waals surface area (Å²) in [6, 6.07) is 16.2. The number of anilines is 2. The monoisotopic (exact) mass is 395 g/mol. The molecule has 1 aromatic heterocycles. The minimum Gasteiger partial charge on any atom is -0.494 e. The third-order valence-electron chi connectivity index (χ3n) is 3.74. The maximum Gasteiger partial charge on any atom is 0.257 e. The Morgan fingerprint density at radius 1 is 1.07 bits per heavy atom. The van der Waals surface area contributed by atoms with Gasteiger partial charge in [0, 0.05) is 22.7 Å². The molecule has 0 saturated carbocycles. The van der Waals surface area contributed by atoms with E-state index in [2.05, 4.69) is 15.6 Å². The molecule has 0 atom stereocenters. The molecule has 0 radical (unpaired) electrons. The van der Waals surface area contributed by atoms with E-state index in [0.29, 0.717) is 28.7 Å². The lowest BCUT2D eigenvalue weighted by Crippen LogP contribution is -2.15. The summed E-state index contributed by atoms with van der Waals surface area (Å²) < 4.78 is 5.57. The van der Waals surface area contributed by atoms with Crippen LogP contribution in [0, 0.1) is 0 Å². The van der Waals surface area contributed by atoms with E-state index in [1.807, 2.05) is 31.2 Å². The van der Waals surface area contributed by atoms with Crippen LogP contribution in [-0.4, -0.2) is 23.4 Å². The Bertz CT molecular complexity index is 941. The van der Waals surface area contributed by atoms with Crippen molar-refractivity contribution >= 4 is 34.0 Å². The van der Waals surface area contributed by atoms with Crippen LogP contribution in [-0.2, 0) is 11.2 Å². The SMILES string of the molecule is CCCOc1cccc(NC(=O)Cc2csc(NC(=O)c3ccccc3)n2)c1. The maximum absolute atomic E-state index is 12.3. The molecule has 2 amide bonds. The highest BCUT2D eigenvalue weighted by Gasteiger charge is 2.11. The van der Waals surface area contributed by atoms with Gasteiger partial charge in [-0.25, -0.2) is 4.98 Å². The van der Waals surface area contributed by atoms with Crippen molar-refractivity contribution in [3.63, 3.8) is 0 Å². The third kappa shape index (κ3) is 5.65. The molecule has 0 aliphatic carbocycles. The largest absolute Gasteiger partial charge is 0.494 e. The lowest BCUT2D eigenvalue weighted by Gasteiger charge is -2.08. The van der Waals surface area contributed by atoms with E-state index in [1.165, 1.54) is 11.3 Å². The molecule has 0 aliphatic rings. The van der Waals surface area contributed by atoms with Gasteiger partial charge in [0.2, 0.25) is 5.91 Å². The number of carbonyl (C=O) groups excluding carboxylic acids is 2. The first-order valence-electron chi connectivity index (χ1n) is 8.97. The summed E-state index contributed by atoms with van der Waals surface area (Å²) in [6.45, 7) is 2.67. The average Bonchev–Trinajstić information content (AvgIpc) is 3.13. The summed E-state index contributed by atoms with van der Waals surface area (Å²) in [7, 11) is 0. The number of nitrogens with one attached hydrogen (secondary N) is 2. The molecule has 7 heteroatoms. The van der Waals surface area contributed by atoms with E-state index in [4.69, 9.17) is 4.74 Å². The predicted molar refractivity (Wildman–Crippen MR) is 111 cm³/mol. The smallest absolute Gasteiger partial charge is 0.257 e. The molecular formula is C21H21N3O3S. The van der Waals surface area contributed by atoms with Crippen LogP contribution >= 0.6 is 11.3 Å². The van der Waals surface area contributed by atoms with E-state index >= 15 is 0 Å². The van der Waals surface area contributed by atoms with Crippen LogP contribution in [0.1, 0.15) is 29.4 Å². The number of ether oxygens (including phenoxy) is 1. The second-order valence-corrected chi connectivity index (χ2v) is 6.92. The minimum absolute atomic E-state index is 0.123. The predicted octanol–water partition coefficient (Wildman–Crippen LogP) is 4.37. The normalized spacial score (nSPS) is 10.3. The van der Waals surface area contributed by atoms with Gasteiger partial charge in [-0.2, -0.15) is 0 Å². The lowest BCUT2D eigenvalue weighted by atomic mass is 10.2. The summed E-state index contributed by atoms with van der Waals surface area (Å²) in [5.41, 5.74) is 1.83. The zero-order valence-electron chi connectivity index (χ0n) is 15.5. The highest BCUT2D eigenvalue weighted by Crippen LogP contribution is 2.19. The topological polar surface area (TPSA) is 80.3 Å². The molecule has 3 aromatic rings. The molecule has 0 bridgehead atoms. The molecule has 28 heavy (non-hydrogen) atoms. The van der Waals surface area contributed by atoms with Crippen molar-refractivity contribution in [2.75, 3.05) is 17.2 Å². The van der Waals surface area contributed by atoms with E-state index in [1.54, 1.807) is 35.7 Å². The fraction of sp³-hybridized carbons (Fsp3) is 0.190. The van der Waals surface area contributed by atoms with E-state index in [-0.39, 0.29) is 18.2 Å². The van der Waals surface area contributed by atoms with Crippen LogP contribution in [0.25, 0.3) is 0 Å². The number of carbonyl (C=O) groups is 2. The quantitative estimate of drug-likeness (QED) is 0.594. The number of aromatic nitrogens is 1. The molecule has 144 valence electrons. The Kier molecular flexibility index (Phi) is 6.75. The van der Waals surface area contributed by atoms with E-state index < -0.39 is 0 Å². The van der Waals surface area contributed by atoms with Crippen LogP contribution in [0.3, 0.4) is 0 Å². The van der Waals surface area contributed by atoms with Crippen molar-refractivity contribution in [2.24, 2.45) is 0 Å². The van der Waals surface area contributed by atoms with E-state index in [0.717, 1.165) is 12.2 Å². The minimum atomic E-state index is -0.227. The number of nitrogens with zero attached hydrogens (tertiary/aromatic N) is 1. The molecule has 0 fully saturated rings. The first-order valence-corrected chi connectivity index (χ1v) is 9.85. The fourth-order valence-corrected chi connectivity index (χ4v) is 3.16. The van der Waals surface area contributed by atoms with Crippen molar-refractivity contribution in [1.82, 2.24) is 4.98 Å².